The zero-order valence-electron chi connectivity index (χ0n) is 10.5. The molecule has 0 saturated heterocycles. The number of aromatic nitrogens is 2. The van der Waals surface area contributed by atoms with Crippen LogP contribution in [0.1, 0.15) is 18.5 Å². The third-order valence-corrected chi connectivity index (χ3v) is 3.58. The summed E-state index contributed by atoms with van der Waals surface area (Å²) in [7, 11) is 0. The van der Waals surface area contributed by atoms with Crippen LogP contribution < -0.4 is 5.73 Å². The van der Waals surface area contributed by atoms with Crippen molar-refractivity contribution in [1.82, 2.24) is 9.55 Å². The van der Waals surface area contributed by atoms with E-state index in [2.05, 4.69) is 22.5 Å². The van der Waals surface area contributed by atoms with Gasteiger partial charge in [-0.15, -0.1) is 0 Å². The van der Waals surface area contributed by atoms with Crippen LogP contribution in [-0.2, 0) is 0 Å². The summed E-state index contributed by atoms with van der Waals surface area (Å²) in [5.41, 5.74) is 9.64. The van der Waals surface area contributed by atoms with Gasteiger partial charge in [0.15, 0.2) is 0 Å². The van der Waals surface area contributed by atoms with Crippen LogP contribution >= 0.6 is 11.6 Å². The monoisotopic (exact) mass is 271 g/mol. The smallest absolute Gasteiger partial charge is 0.0964 e. The number of nitrogen functional groups attached to an aromatic ring is 1. The summed E-state index contributed by atoms with van der Waals surface area (Å²) in [6, 6.07) is 13.8. The first-order valence-electron chi connectivity index (χ1n) is 6.12. The van der Waals surface area contributed by atoms with Crippen molar-refractivity contribution in [1.29, 1.82) is 0 Å². The molecule has 0 aliphatic rings. The molecule has 0 amide bonds. The minimum atomic E-state index is 0.173. The van der Waals surface area contributed by atoms with Gasteiger partial charge in [0.1, 0.15) is 0 Å². The number of benzene rings is 2. The van der Waals surface area contributed by atoms with Crippen molar-refractivity contribution in [2.24, 2.45) is 0 Å². The quantitative estimate of drug-likeness (QED) is 0.719. The van der Waals surface area contributed by atoms with Gasteiger partial charge in [0, 0.05) is 10.7 Å². The molecule has 0 aliphatic carbocycles. The van der Waals surface area contributed by atoms with Crippen molar-refractivity contribution >= 4 is 28.3 Å². The summed E-state index contributed by atoms with van der Waals surface area (Å²) in [5.74, 6) is 0. The van der Waals surface area contributed by atoms with Crippen molar-refractivity contribution < 1.29 is 0 Å². The normalized spacial score (nSPS) is 12.7. The molecule has 0 aliphatic heterocycles. The highest BCUT2D eigenvalue weighted by molar-refractivity contribution is 6.30. The number of fused-ring (bicyclic) bond motifs is 1. The lowest BCUT2D eigenvalue weighted by atomic mass is 10.1. The lowest BCUT2D eigenvalue weighted by Crippen LogP contribution is -2.05. The lowest BCUT2D eigenvalue weighted by Gasteiger charge is -2.15. The second-order valence-electron chi connectivity index (χ2n) is 4.63. The van der Waals surface area contributed by atoms with Gasteiger partial charge >= 0.3 is 0 Å². The van der Waals surface area contributed by atoms with Gasteiger partial charge in [-0.25, -0.2) is 4.98 Å². The van der Waals surface area contributed by atoms with Crippen molar-refractivity contribution in [3.05, 3.63) is 59.4 Å². The number of halogens is 1. The number of anilines is 1. The molecule has 1 atom stereocenters. The van der Waals surface area contributed by atoms with Gasteiger partial charge in [-0.05, 0) is 42.8 Å². The predicted octanol–water partition coefficient (Wildman–Crippen LogP) is 3.88. The van der Waals surface area contributed by atoms with Crippen LogP contribution in [0.3, 0.4) is 0 Å². The highest BCUT2D eigenvalue weighted by atomic mass is 35.5. The molecule has 0 spiro atoms. The van der Waals surface area contributed by atoms with E-state index in [1.54, 1.807) is 0 Å². The molecule has 0 fully saturated rings. The second kappa shape index (κ2) is 4.59. The van der Waals surface area contributed by atoms with Crippen LogP contribution in [0.25, 0.3) is 11.0 Å². The molecule has 3 aromatic rings. The van der Waals surface area contributed by atoms with Crippen molar-refractivity contribution in [3.8, 4) is 0 Å². The Labute approximate surface area is 116 Å². The molecule has 4 heteroatoms. The first kappa shape index (κ1) is 12.1. The highest BCUT2D eigenvalue weighted by Crippen LogP contribution is 2.25. The fraction of sp³-hybridized carbons (Fsp3) is 0.133. The third-order valence-electron chi connectivity index (χ3n) is 3.35. The van der Waals surface area contributed by atoms with Gasteiger partial charge in [-0.2, -0.15) is 0 Å². The summed E-state index contributed by atoms with van der Waals surface area (Å²) >= 11 is 6.05. The van der Waals surface area contributed by atoms with E-state index in [4.69, 9.17) is 17.3 Å². The highest BCUT2D eigenvalue weighted by Gasteiger charge is 2.11. The Hall–Kier alpha value is -2.00. The molecule has 1 heterocycles. The molecule has 3 rings (SSSR count). The Morgan fingerprint density at radius 1 is 1.21 bits per heavy atom. The fourth-order valence-electron chi connectivity index (χ4n) is 2.28. The Morgan fingerprint density at radius 3 is 2.84 bits per heavy atom. The van der Waals surface area contributed by atoms with Gasteiger partial charge in [-0.3, -0.25) is 0 Å². The molecule has 19 heavy (non-hydrogen) atoms. The molecule has 1 aromatic heterocycles. The van der Waals surface area contributed by atoms with Crippen LogP contribution in [0.4, 0.5) is 5.69 Å². The summed E-state index contributed by atoms with van der Waals surface area (Å²) in [4.78, 5) is 4.40. The number of rotatable bonds is 2. The van der Waals surface area contributed by atoms with Crippen molar-refractivity contribution in [2.45, 2.75) is 13.0 Å². The van der Waals surface area contributed by atoms with Crippen LogP contribution in [-0.4, -0.2) is 9.55 Å². The van der Waals surface area contributed by atoms with Crippen LogP contribution in [0.15, 0.2) is 48.8 Å². The van der Waals surface area contributed by atoms with Gasteiger partial charge in [0.25, 0.3) is 0 Å². The molecule has 3 nitrogen and oxygen atoms in total. The third kappa shape index (κ3) is 2.17. The maximum atomic E-state index is 6.05. The first-order valence-corrected chi connectivity index (χ1v) is 6.50. The van der Waals surface area contributed by atoms with Gasteiger partial charge in [0.2, 0.25) is 0 Å². The van der Waals surface area contributed by atoms with Gasteiger partial charge in [-0.1, -0.05) is 23.7 Å². The zero-order valence-corrected chi connectivity index (χ0v) is 11.3. The summed E-state index contributed by atoms with van der Waals surface area (Å²) in [5, 5.41) is 0.748. The van der Waals surface area contributed by atoms with E-state index in [-0.39, 0.29) is 6.04 Å². The fourth-order valence-corrected chi connectivity index (χ4v) is 2.48. The van der Waals surface area contributed by atoms with E-state index >= 15 is 0 Å². The molecule has 2 N–H and O–H groups in total. The minimum Gasteiger partial charge on any atom is -0.399 e. The van der Waals surface area contributed by atoms with E-state index < -0.39 is 0 Å². The number of imidazole rings is 1. The summed E-state index contributed by atoms with van der Waals surface area (Å²) < 4.78 is 2.13. The molecular weight excluding hydrogens is 258 g/mol. The summed E-state index contributed by atoms with van der Waals surface area (Å²) in [6.07, 6.45) is 1.84. The lowest BCUT2D eigenvalue weighted by molar-refractivity contribution is 0.658. The van der Waals surface area contributed by atoms with E-state index in [0.717, 1.165) is 27.3 Å². The van der Waals surface area contributed by atoms with Crippen molar-refractivity contribution in [3.63, 3.8) is 0 Å². The van der Waals surface area contributed by atoms with E-state index in [1.165, 1.54) is 0 Å². The van der Waals surface area contributed by atoms with Crippen molar-refractivity contribution in [2.75, 3.05) is 5.73 Å². The number of hydrogen-bond acceptors (Lipinski definition) is 2. The molecule has 2 aromatic carbocycles. The Balaban J connectivity index is 2.09. The van der Waals surface area contributed by atoms with Gasteiger partial charge < -0.3 is 10.3 Å². The average Bonchev–Trinajstić information content (AvgIpc) is 2.80. The molecule has 0 radical (unpaired) electrons. The van der Waals surface area contributed by atoms with Crippen LogP contribution in [0.5, 0.6) is 0 Å². The first-order chi connectivity index (χ1) is 9.15. The van der Waals surface area contributed by atoms with Crippen LogP contribution in [0, 0.1) is 0 Å². The maximum Gasteiger partial charge on any atom is 0.0964 e. The zero-order chi connectivity index (χ0) is 13.4. The number of nitrogens with zero attached hydrogens (tertiary/aromatic N) is 2. The topological polar surface area (TPSA) is 43.8 Å². The van der Waals surface area contributed by atoms with E-state index in [0.29, 0.717) is 0 Å². The molecular formula is C15H14ClN3. The summed E-state index contributed by atoms with van der Waals surface area (Å²) in [6.45, 7) is 2.13. The van der Waals surface area contributed by atoms with Gasteiger partial charge in [0.05, 0.1) is 23.4 Å². The predicted molar refractivity (Wildman–Crippen MR) is 79.4 cm³/mol. The Morgan fingerprint density at radius 2 is 2.05 bits per heavy atom. The SMILES string of the molecule is CC(c1cccc(Cl)c1)n1cnc2cc(N)ccc21. The molecule has 0 saturated carbocycles. The number of hydrogen-bond donors (Lipinski definition) is 1. The largest absolute Gasteiger partial charge is 0.399 e. The minimum absolute atomic E-state index is 0.173. The van der Waals surface area contributed by atoms with E-state index in [1.807, 2.05) is 42.7 Å². The van der Waals surface area contributed by atoms with Crippen LogP contribution in [0.2, 0.25) is 5.02 Å². The Kier molecular flexibility index (Phi) is 2.91. The molecule has 96 valence electrons. The second-order valence-corrected chi connectivity index (χ2v) is 5.07. The molecule has 1 unspecified atom stereocenters. The Bertz CT molecular complexity index is 733. The molecule has 0 bridgehead atoms. The average molecular weight is 272 g/mol. The van der Waals surface area contributed by atoms with E-state index in [9.17, 15) is 0 Å². The standard InChI is InChI=1S/C15H14ClN3/c1-10(11-3-2-4-12(16)7-11)19-9-18-14-8-13(17)5-6-15(14)19/h2-10H,17H2,1H3. The maximum absolute atomic E-state index is 6.05. The number of nitrogens with two attached hydrogens (primary N) is 1.